The van der Waals surface area contributed by atoms with Crippen LogP contribution in [0.4, 0.5) is 0 Å². The van der Waals surface area contributed by atoms with E-state index in [1.54, 1.807) is 0 Å². The van der Waals surface area contributed by atoms with Gasteiger partial charge in [0, 0.05) is 18.8 Å². The van der Waals surface area contributed by atoms with E-state index in [0.29, 0.717) is 0 Å². The van der Waals surface area contributed by atoms with Gasteiger partial charge in [0.25, 0.3) is 0 Å². The highest BCUT2D eigenvalue weighted by atomic mass is 32.2. The molecule has 0 aromatic rings. The zero-order valence-corrected chi connectivity index (χ0v) is 10.3. The molecule has 0 fully saturated rings. The maximum atomic E-state index is 3.21. The molecule has 0 aliphatic heterocycles. The minimum absolute atomic E-state index is 0.752. The van der Waals surface area contributed by atoms with E-state index in [-0.39, 0.29) is 0 Å². The highest BCUT2D eigenvalue weighted by Gasteiger charge is 2.04. The van der Waals surface area contributed by atoms with E-state index in [1.807, 2.05) is 18.8 Å². The molecule has 80 valence electrons. The van der Waals surface area contributed by atoms with Crippen molar-refractivity contribution in [3.05, 3.63) is 0 Å². The van der Waals surface area contributed by atoms with Crippen molar-refractivity contribution < 1.29 is 0 Å². The van der Waals surface area contributed by atoms with E-state index in [4.69, 9.17) is 0 Å². The average molecular weight is 204 g/mol. The number of nitrogens with zero attached hydrogens (tertiary/aromatic N) is 1. The van der Waals surface area contributed by atoms with Crippen LogP contribution in [0.5, 0.6) is 0 Å². The second-order valence-corrected chi connectivity index (χ2v) is 5.02. The van der Waals surface area contributed by atoms with Gasteiger partial charge < -0.3 is 10.2 Å². The van der Waals surface area contributed by atoms with Gasteiger partial charge in [-0.15, -0.1) is 0 Å². The van der Waals surface area contributed by atoms with Crippen molar-refractivity contribution in [2.75, 3.05) is 45.2 Å². The van der Waals surface area contributed by atoms with Crippen molar-refractivity contribution in [1.29, 1.82) is 0 Å². The van der Waals surface area contributed by atoms with Crippen molar-refractivity contribution in [2.24, 2.45) is 5.92 Å². The normalized spacial score (nSPS) is 13.6. The second kappa shape index (κ2) is 8.85. The molecule has 0 amide bonds. The molecule has 1 unspecified atom stereocenters. The van der Waals surface area contributed by atoms with Gasteiger partial charge in [-0.25, -0.2) is 0 Å². The van der Waals surface area contributed by atoms with Crippen molar-refractivity contribution in [2.45, 2.75) is 13.8 Å². The predicted octanol–water partition coefficient (Wildman–Crippen LogP) is 1.53. The fourth-order valence-corrected chi connectivity index (χ4v) is 2.13. The Morgan fingerprint density at radius 2 is 2.15 bits per heavy atom. The average Bonchev–Trinajstić information content (AvgIpc) is 2.05. The number of thioether (sulfide) groups is 1. The van der Waals surface area contributed by atoms with Crippen LogP contribution in [0.25, 0.3) is 0 Å². The van der Waals surface area contributed by atoms with Gasteiger partial charge in [0.05, 0.1) is 0 Å². The Morgan fingerprint density at radius 1 is 1.46 bits per heavy atom. The molecular weight excluding hydrogens is 180 g/mol. The Labute approximate surface area is 87.5 Å². The van der Waals surface area contributed by atoms with Crippen molar-refractivity contribution in [1.82, 2.24) is 10.2 Å². The molecule has 0 aromatic heterocycles. The Hall–Kier alpha value is 0.270. The summed E-state index contributed by atoms with van der Waals surface area (Å²) in [4.78, 5) is 2.42. The topological polar surface area (TPSA) is 15.3 Å². The molecule has 0 bridgehead atoms. The third kappa shape index (κ3) is 8.60. The van der Waals surface area contributed by atoms with Crippen LogP contribution in [0.2, 0.25) is 0 Å². The van der Waals surface area contributed by atoms with Gasteiger partial charge in [0.1, 0.15) is 0 Å². The van der Waals surface area contributed by atoms with E-state index in [9.17, 15) is 0 Å². The van der Waals surface area contributed by atoms with Gasteiger partial charge in [0.2, 0.25) is 0 Å². The van der Waals surface area contributed by atoms with Crippen LogP contribution in [0.15, 0.2) is 0 Å². The summed E-state index contributed by atoms with van der Waals surface area (Å²) < 4.78 is 0. The third-order valence-corrected chi connectivity index (χ3v) is 2.88. The lowest BCUT2D eigenvalue weighted by Gasteiger charge is -2.20. The third-order valence-electron chi connectivity index (χ3n) is 2.00. The van der Waals surface area contributed by atoms with Crippen molar-refractivity contribution in [3.63, 3.8) is 0 Å². The summed E-state index contributed by atoms with van der Waals surface area (Å²) in [6.07, 6.45) is 0. The number of hydrogen-bond acceptors (Lipinski definition) is 3. The van der Waals surface area contributed by atoms with E-state index in [0.717, 1.165) is 12.5 Å². The number of rotatable bonds is 8. The van der Waals surface area contributed by atoms with Crippen LogP contribution in [0, 0.1) is 5.92 Å². The standard InChI is InChI=1S/C10H24N2S/c1-5-13-7-6-12(4)9-10(2)8-11-3/h10-11H,5-9H2,1-4H3. The molecule has 0 spiro atoms. The lowest BCUT2D eigenvalue weighted by atomic mass is 10.2. The summed E-state index contributed by atoms with van der Waals surface area (Å²) in [6, 6.07) is 0. The maximum Gasteiger partial charge on any atom is 0.00694 e. The molecule has 0 radical (unpaired) electrons. The number of hydrogen-bond donors (Lipinski definition) is 1. The van der Waals surface area contributed by atoms with E-state index >= 15 is 0 Å². The Balaban J connectivity index is 3.32. The summed E-state index contributed by atoms with van der Waals surface area (Å²) in [5.74, 6) is 3.25. The Kier molecular flexibility index (Phi) is 9.03. The molecule has 0 aromatic carbocycles. The Morgan fingerprint density at radius 3 is 2.69 bits per heavy atom. The summed E-state index contributed by atoms with van der Waals surface area (Å²) in [7, 11) is 4.23. The van der Waals surface area contributed by atoms with Crippen LogP contribution in [-0.2, 0) is 0 Å². The molecule has 0 saturated carbocycles. The first-order chi connectivity index (χ1) is 6.20. The van der Waals surface area contributed by atoms with Crippen molar-refractivity contribution in [3.8, 4) is 0 Å². The Bertz CT molecular complexity index is 109. The maximum absolute atomic E-state index is 3.21. The zero-order valence-electron chi connectivity index (χ0n) is 9.47. The fourth-order valence-electron chi connectivity index (χ4n) is 1.40. The minimum Gasteiger partial charge on any atom is -0.319 e. The monoisotopic (exact) mass is 204 g/mol. The highest BCUT2D eigenvalue weighted by molar-refractivity contribution is 7.99. The molecule has 13 heavy (non-hydrogen) atoms. The highest BCUT2D eigenvalue weighted by Crippen LogP contribution is 2.01. The molecular formula is C10H24N2S. The molecule has 0 saturated heterocycles. The molecule has 1 N–H and O–H groups in total. The molecule has 3 heteroatoms. The van der Waals surface area contributed by atoms with Gasteiger partial charge >= 0.3 is 0 Å². The fraction of sp³-hybridized carbons (Fsp3) is 1.00. The van der Waals surface area contributed by atoms with Crippen LogP contribution in [-0.4, -0.2) is 50.1 Å². The number of nitrogens with one attached hydrogen (secondary N) is 1. The second-order valence-electron chi connectivity index (χ2n) is 3.62. The van der Waals surface area contributed by atoms with E-state index < -0.39 is 0 Å². The molecule has 0 rings (SSSR count). The predicted molar refractivity (Wildman–Crippen MR) is 63.6 cm³/mol. The lowest BCUT2D eigenvalue weighted by Crippen LogP contribution is -2.31. The van der Waals surface area contributed by atoms with Crippen LogP contribution >= 0.6 is 11.8 Å². The summed E-state index contributed by atoms with van der Waals surface area (Å²) >= 11 is 2.02. The first kappa shape index (κ1) is 13.3. The van der Waals surface area contributed by atoms with Crippen molar-refractivity contribution >= 4 is 11.8 Å². The molecule has 0 aliphatic carbocycles. The largest absolute Gasteiger partial charge is 0.319 e. The molecule has 2 nitrogen and oxygen atoms in total. The summed E-state index contributed by atoms with van der Waals surface area (Å²) in [5, 5.41) is 3.21. The van der Waals surface area contributed by atoms with Gasteiger partial charge in [-0.3, -0.25) is 0 Å². The smallest absolute Gasteiger partial charge is 0.00694 e. The molecule has 0 heterocycles. The van der Waals surface area contributed by atoms with Gasteiger partial charge in [0.15, 0.2) is 0 Å². The van der Waals surface area contributed by atoms with Crippen LogP contribution in [0.1, 0.15) is 13.8 Å². The summed E-state index contributed by atoms with van der Waals surface area (Å²) in [5.41, 5.74) is 0. The quantitative estimate of drug-likeness (QED) is 0.604. The van der Waals surface area contributed by atoms with Crippen LogP contribution in [0.3, 0.4) is 0 Å². The minimum atomic E-state index is 0.752. The van der Waals surface area contributed by atoms with Gasteiger partial charge in [-0.05, 0) is 32.3 Å². The molecule has 0 aliphatic rings. The molecule has 1 atom stereocenters. The van der Waals surface area contributed by atoms with E-state index in [1.165, 1.54) is 24.6 Å². The van der Waals surface area contributed by atoms with Gasteiger partial charge in [-0.2, -0.15) is 11.8 Å². The lowest BCUT2D eigenvalue weighted by molar-refractivity contribution is 0.298. The zero-order chi connectivity index (χ0) is 10.1. The first-order valence-corrected chi connectivity index (χ1v) is 6.27. The van der Waals surface area contributed by atoms with E-state index in [2.05, 4.69) is 31.1 Å². The summed E-state index contributed by atoms with van der Waals surface area (Å²) in [6.45, 7) is 8.04. The van der Waals surface area contributed by atoms with Gasteiger partial charge in [-0.1, -0.05) is 13.8 Å². The first-order valence-electron chi connectivity index (χ1n) is 5.11. The SMILES string of the molecule is CCSCCN(C)CC(C)CNC. The van der Waals surface area contributed by atoms with Crippen LogP contribution < -0.4 is 5.32 Å².